The fourth-order valence-electron chi connectivity index (χ4n) is 1.96. The predicted molar refractivity (Wildman–Crippen MR) is 87.3 cm³/mol. The van der Waals surface area contributed by atoms with E-state index >= 15 is 0 Å². The van der Waals surface area contributed by atoms with Gasteiger partial charge in [-0.15, -0.1) is 0 Å². The number of anilines is 1. The van der Waals surface area contributed by atoms with Crippen LogP contribution in [0.2, 0.25) is 0 Å². The second-order valence-electron chi connectivity index (χ2n) is 4.68. The lowest BCUT2D eigenvalue weighted by atomic mass is 10.2. The van der Waals surface area contributed by atoms with Gasteiger partial charge in [-0.2, -0.15) is 4.98 Å². The van der Waals surface area contributed by atoms with Gasteiger partial charge in [0.15, 0.2) is 23.3 Å². The second-order valence-corrected chi connectivity index (χ2v) is 4.68. The summed E-state index contributed by atoms with van der Waals surface area (Å²) < 4.78 is 15.6. The molecule has 23 heavy (non-hydrogen) atoms. The van der Waals surface area contributed by atoms with Gasteiger partial charge in [0.2, 0.25) is 5.89 Å². The van der Waals surface area contributed by atoms with Crippen molar-refractivity contribution in [3.05, 3.63) is 29.9 Å². The number of aryl methyl sites for hydroxylation is 1. The second kappa shape index (κ2) is 8.02. The maximum atomic E-state index is 5.28. The first-order valence-corrected chi connectivity index (χ1v) is 7.15. The molecule has 0 bridgehead atoms. The number of benzene rings is 1. The molecule has 124 valence electrons. The zero-order valence-electron chi connectivity index (χ0n) is 13.7. The smallest absolute Gasteiger partial charge is 0.228 e. The van der Waals surface area contributed by atoms with Crippen LogP contribution in [0.3, 0.4) is 0 Å². The van der Waals surface area contributed by atoms with Gasteiger partial charge < -0.3 is 24.6 Å². The van der Waals surface area contributed by atoms with E-state index in [4.69, 9.17) is 14.0 Å². The van der Waals surface area contributed by atoms with Crippen LogP contribution < -0.4 is 20.1 Å². The molecule has 0 aliphatic heterocycles. The van der Waals surface area contributed by atoms with Crippen molar-refractivity contribution in [2.24, 2.45) is 4.99 Å². The van der Waals surface area contributed by atoms with Gasteiger partial charge in [0.05, 0.1) is 14.2 Å². The van der Waals surface area contributed by atoms with E-state index in [1.165, 1.54) is 0 Å². The summed E-state index contributed by atoms with van der Waals surface area (Å²) in [4.78, 5) is 8.32. The highest BCUT2D eigenvalue weighted by Gasteiger charge is 2.07. The number of rotatable bonds is 6. The largest absolute Gasteiger partial charge is 0.493 e. The number of aromatic nitrogens is 2. The highest BCUT2D eigenvalue weighted by atomic mass is 16.5. The van der Waals surface area contributed by atoms with E-state index in [1.54, 1.807) is 28.2 Å². The van der Waals surface area contributed by atoms with E-state index in [-0.39, 0.29) is 0 Å². The van der Waals surface area contributed by atoms with Crippen LogP contribution in [0.15, 0.2) is 27.7 Å². The molecule has 1 aromatic heterocycles. The van der Waals surface area contributed by atoms with E-state index in [2.05, 4.69) is 25.8 Å². The number of methoxy groups -OCH3 is 2. The third-order valence-corrected chi connectivity index (χ3v) is 3.07. The molecule has 8 heteroatoms. The van der Waals surface area contributed by atoms with E-state index in [1.807, 2.05) is 18.2 Å². The zero-order valence-corrected chi connectivity index (χ0v) is 13.7. The van der Waals surface area contributed by atoms with Crippen molar-refractivity contribution in [2.45, 2.75) is 13.3 Å². The summed E-state index contributed by atoms with van der Waals surface area (Å²) in [6.45, 7) is 2.41. The average Bonchev–Trinajstić information content (AvgIpc) is 2.99. The fourth-order valence-corrected chi connectivity index (χ4v) is 1.96. The quantitative estimate of drug-likeness (QED) is 0.617. The molecular weight excluding hydrogens is 298 g/mol. The average molecular weight is 319 g/mol. The summed E-state index contributed by atoms with van der Waals surface area (Å²) in [5, 5.41) is 10.1. The Morgan fingerprint density at radius 2 is 2.04 bits per heavy atom. The first-order valence-electron chi connectivity index (χ1n) is 7.15. The van der Waals surface area contributed by atoms with Crippen molar-refractivity contribution < 1.29 is 14.0 Å². The van der Waals surface area contributed by atoms with Gasteiger partial charge in [-0.05, 0) is 19.1 Å². The summed E-state index contributed by atoms with van der Waals surface area (Å²) in [6.07, 6.45) is 0.619. The third kappa shape index (κ3) is 4.60. The molecule has 0 saturated heterocycles. The van der Waals surface area contributed by atoms with Crippen molar-refractivity contribution in [3.8, 4) is 11.5 Å². The van der Waals surface area contributed by atoms with Crippen molar-refractivity contribution in [2.75, 3.05) is 33.1 Å². The normalized spacial score (nSPS) is 11.2. The number of nitrogens with one attached hydrogen (secondary N) is 2. The number of ether oxygens (including phenoxy) is 2. The van der Waals surface area contributed by atoms with Gasteiger partial charge in [0.1, 0.15) is 0 Å². The highest BCUT2D eigenvalue weighted by Crippen LogP contribution is 2.29. The van der Waals surface area contributed by atoms with Crippen molar-refractivity contribution in [3.63, 3.8) is 0 Å². The molecule has 8 nitrogen and oxygen atoms in total. The minimum Gasteiger partial charge on any atom is -0.493 e. The molecule has 0 saturated carbocycles. The molecule has 0 atom stereocenters. The van der Waals surface area contributed by atoms with Crippen LogP contribution in [0.5, 0.6) is 11.5 Å². The lowest BCUT2D eigenvalue weighted by Crippen LogP contribution is -2.32. The molecule has 0 unspecified atom stereocenters. The Bertz CT molecular complexity index is 669. The van der Waals surface area contributed by atoms with Crippen LogP contribution >= 0.6 is 0 Å². The van der Waals surface area contributed by atoms with Crippen molar-refractivity contribution in [1.82, 2.24) is 15.5 Å². The summed E-state index contributed by atoms with van der Waals surface area (Å²) in [5.74, 6) is 3.18. The monoisotopic (exact) mass is 319 g/mol. The number of hydrogen-bond donors (Lipinski definition) is 2. The van der Waals surface area contributed by atoms with Gasteiger partial charge in [-0.1, -0.05) is 5.16 Å². The van der Waals surface area contributed by atoms with Gasteiger partial charge in [0.25, 0.3) is 0 Å². The van der Waals surface area contributed by atoms with Gasteiger partial charge in [-0.3, -0.25) is 4.99 Å². The van der Waals surface area contributed by atoms with Crippen LogP contribution in [0.25, 0.3) is 0 Å². The summed E-state index contributed by atoms with van der Waals surface area (Å²) in [7, 11) is 4.90. The zero-order chi connectivity index (χ0) is 16.7. The molecule has 2 aromatic rings. The van der Waals surface area contributed by atoms with Crippen LogP contribution in [0.1, 0.15) is 11.7 Å². The van der Waals surface area contributed by atoms with E-state index in [0.717, 1.165) is 5.69 Å². The van der Waals surface area contributed by atoms with E-state index in [9.17, 15) is 0 Å². The molecule has 0 aliphatic rings. The number of aliphatic imine (C=N–C) groups is 1. The number of guanidine groups is 1. The summed E-state index contributed by atoms with van der Waals surface area (Å²) >= 11 is 0. The SMILES string of the molecule is CN=C(NCCc1nc(C)no1)Nc1ccc(OC)c(OC)c1. The molecule has 0 radical (unpaired) electrons. The molecule has 0 aliphatic carbocycles. The molecule has 2 rings (SSSR count). The number of nitrogens with zero attached hydrogens (tertiary/aromatic N) is 3. The van der Waals surface area contributed by atoms with Crippen molar-refractivity contribution in [1.29, 1.82) is 0 Å². The van der Waals surface area contributed by atoms with Crippen LogP contribution in [0, 0.1) is 6.92 Å². The maximum absolute atomic E-state index is 5.28. The standard InChI is InChI=1S/C15H21N5O3/c1-10-18-14(23-20-10)7-8-17-15(16-2)19-11-5-6-12(21-3)13(9-11)22-4/h5-6,9H,7-8H2,1-4H3,(H2,16,17,19). The predicted octanol–water partition coefficient (Wildman–Crippen LogP) is 1.63. The van der Waals surface area contributed by atoms with Gasteiger partial charge in [-0.25, -0.2) is 0 Å². The summed E-state index contributed by atoms with van der Waals surface area (Å²) in [6, 6.07) is 5.55. The molecule has 0 spiro atoms. The minimum atomic E-state index is 0.594. The molecule has 1 aromatic carbocycles. The molecule has 0 amide bonds. The lowest BCUT2D eigenvalue weighted by molar-refractivity contribution is 0.355. The van der Waals surface area contributed by atoms with E-state index in [0.29, 0.717) is 42.1 Å². The van der Waals surface area contributed by atoms with Crippen molar-refractivity contribution >= 4 is 11.6 Å². The Kier molecular flexibility index (Phi) is 5.79. The first kappa shape index (κ1) is 16.6. The molecule has 0 fully saturated rings. The third-order valence-electron chi connectivity index (χ3n) is 3.07. The molecular formula is C15H21N5O3. The van der Waals surface area contributed by atoms with E-state index < -0.39 is 0 Å². The maximum Gasteiger partial charge on any atom is 0.228 e. The Hall–Kier alpha value is -2.77. The van der Waals surface area contributed by atoms with Crippen LogP contribution in [-0.4, -0.2) is 43.9 Å². The van der Waals surface area contributed by atoms with Crippen LogP contribution in [-0.2, 0) is 6.42 Å². The Labute approximate surface area is 134 Å². The Morgan fingerprint density at radius 3 is 2.65 bits per heavy atom. The first-order chi connectivity index (χ1) is 11.2. The topological polar surface area (TPSA) is 93.8 Å². The summed E-state index contributed by atoms with van der Waals surface area (Å²) in [5.41, 5.74) is 0.837. The highest BCUT2D eigenvalue weighted by molar-refractivity contribution is 5.93. The molecule has 2 N–H and O–H groups in total. The fraction of sp³-hybridized carbons (Fsp3) is 0.400. The van der Waals surface area contributed by atoms with Gasteiger partial charge in [0, 0.05) is 31.8 Å². The number of hydrogen-bond acceptors (Lipinski definition) is 6. The Balaban J connectivity index is 1.91. The Morgan fingerprint density at radius 1 is 1.26 bits per heavy atom. The lowest BCUT2D eigenvalue weighted by Gasteiger charge is -2.13. The van der Waals surface area contributed by atoms with Gasteiger partial charge >= 0.3 is 0 Å². The van der Waals surface area contributed by atoms with Crippen LogP contribution in [0.4, 0.5) is 5.69 Å². The molecule has 1 heterocycles. The minimum absolute atomic E-state index is 0.594.